The number of hydrogen-bond acceptors (Lipinski definition) is 4. The number of benzene rings is 1. The first-order valence-corrected chi connectivity index (χ1v) is 7.10. The molecule has 0 unspecified atom stereocenters. The Hall–Kier alpha value is -1.59. The molecular formula is C13H11ClN4S. The third kappa shape index (κ3) is 2.57. The van der Waals surface area contributed by atoms with Crippen LogP contribution in [-0.4, -0.2) is 19.7 Å². The topological polar surface area (TPSA) is 43.6 Å². The van der Waals surface area contributed by atoms with E-state index in [-0.39, 0.29) is 0 Å². The van der Waals surface area contributed by atoms with Gasteiger partial charge in [0.1, 0.15) is 11.4 Å². The van der Waals surface area contributed by atoms with E-state index < -0.39 is 0 Å². The monoisotopic (exact) mass is 290 g/mol. The third-order valence-corrected chi connectivity index (χ3v) is 4.11. The summed E-state index contributed by atoms with van der Waals surface area (Å²) in [6.45, 7) is 0. The zero-order valence-corrected chi connectivity index (χ0v) is 11.8. The molecule has 3 aromatic rings. The first kappa shape index (κ1) is 12.4. The summed E-state index contributed by atoms with van der Waals surface area (Å²) in [5.41, 5.74) is 2.07. The maximum atomic E-state index is 5.87. The highest BCUT2D eigenvalue weighted by molar-refractivity contribution is 7.98. The van der Waals surface area contributed by atoms with Gasteiger partial charge in [-0.25, -0.2) is 9.97 Å². The van der Waals surface area contributed by atoms with E-state index in [2.05, 4.69) is 15.1 Å². The predicted octanol–water partition coefficient (Wildman–Crippen LogP) is 3.31. The van der Waals surface area contributed by atoms with E-state index in [1.165, 1.54) is 5.56 Å². The first-order valence-electron chi connectivity index (χ1n) is 5.74. The summed E-state index contributed by atoms with van der Waals surface area (Å²) in [6, 6.07) is 7.85. The largest absolute Gasteiger partial charge is 0.250 e. The lowest BCUT2D eigenvalue weighted by Crippen LogP contribution is -1.92. The van der Waals surface area contributed by atoms with Crippen LogP contribution < -0.4 is 0 Å². The van der Waals surface area contributed by atoms with Crippen molar-refractivity contribution in [1.29, 1.82) is 0 Å². The van der Waals surface area contributed by atoms with Crippen LogP contribution in [0.25, 0.3) is 11.0 Å². The first-order chi connectivity index (χ1) is 9.24. The molecule has 0 bridgehead atoms. The maximum Gasteiger partial charge on any atom is 0.162 e. The van der Waals surface area contributed by atoms with Crippen molar-refractivity contribution in [2.75, 3.05) is 0 Å². The zero-order chi connectivity index (χ0) is 13.2. The maximum absolute atomic E-state index is 5.87. The van der Waals surface area contributed by atoms with Crippen molar-refractivity contribution in [3.05, 3.63) is 47.4 Å². The molecule has 96 valence electrons. The minimum absolute atomic E-state index is 0.755. The van der Waals surface area contributed by atoms with Gasteiger partial charge < -0.3 is 0 Å². The van der Waals surface area contributed by atoms with E-state index in [1.54, 1.807) is 29.0 Å². The van der Waals surface area contributed by atoms with E-state index in [4.69, 9.17) is 11.6 Å². The quantitative estimate of drug-likeness (QED) is 0.548. The molecule has 0 amide bonds. The van der Waals surface area contributed by atoms with E-state index in [0.29, 0.717) is 0 Å². The van der Waals surface area contributed by atoms with Crippen molar-refractivity contribution < 1.29 is 0 Å². The Bertz CT molecular complexity index is 708. The molecule has 0 saturated heterocycles. The molecule has 0 saturated carbocycles. The van der Waals surface area contributed by atoms with Crippen LogP contribution in [0.15, 0.2) is 41.8 Å². The molecule has 0 aliphatic carbocycles. The number of aryl methyl sites for hydroxylation is 1. The van der Waals surface area contributed by atoms with E-state index in [0.717, 1.165) is 26.8 Å². The van der Waals surface area contributed by atoms with Crippen molar-refractivity contribution in [2.24, 2.45) is 7.05 Å². The van der Waals surface area contributed by atoms with E-state index in [1.807, 2.05) is 31.3 Å². The van der Waals surface area contributed by atoms with Gasteiger partial charge in [0.15, 0.2) is 5.65 Å². The molecule has 2 aromatic heterocycles. The van der Waals surface area contributed by atoms with Crippen molar-refractivity contribution in [1.82, 2.24) is 19.7 Å². The highest BCUT2D eigenvalue weighted by Gasteiger charge is 2.08. The Balaban J connectivity index is 1.83. The van der Waals surface area contributed by atoms with Crippen LogP contribution >= 0.6 is 23.4 Å². The summed E-state index contributed by atoms with van der Waals surface area (Å²) in [4.78, 5) is 8.55. The number of rotatable bonds is 3. The molecule has 3 rings (SSSR count). The molecule has 0 fully saturated rings. The average Bonchev–Trinajstić information content (AvgIpc) is 2.81. The Morgan fingerprint density at radius 3 is 2.79 bits per heavy atom. The second-order valence-electron chi connectivity index (χ2n) is 4.10. The molecular weight excluding hydrogens is 280 g/mol. The summed E-state index contributed by atoms with van der Waals surface area (Å²) in [5, 5.41) is 6.90. The number of nitrogens with zero attached hydrogens (tertiary/aromatic N) is 4. The molecule has 0 aliphatic heterocycles. The smallest absolute Gasteiger partial charge is 0.162 e. The van der Waals surface area contributed by atoms with Crippen LogP contribution in [0.5, 0.6) is 0 Å². The van der Waals surface area contributed by atoms with Gasteiger partial charge in [-0.1, -0.05) is 23.7 Å². The highest BCUT2D eigenvalue weighted by Crippen LogP contribution is 2.27. The molecule has 0 spiro atoms. The predicted molar refractivity (Wildman–Crippen MR) is 77.3 cm³/mol. The van der Waals surface area contributed by atoms with Crippen molar-refractivity contribution in [3.8, 4) is 0 Å². The number of hydrogen-bond donors (Lipinski definition) is 0. The van der Waals surface area contributed by atoms with E-state index in [9.17, 15) is 0 Å². The van der Waals surface area contributed by atoms with Gasteiger partial charge in [0.05, 0.1) is 11.6 Å². The number of aromatic nitrogens is 4. The second kappa shape index (κ2) is 5.19. The van der Waals surface area contributed by atoms with Gasteiger partial charge in [0, 0.05) is 17.8 Å². The van der Waals surface area contributed by atoms with Gasteiger partial charge >= 0.3 is 0 Å². The average molecular weight is 291 g/mol. The standard InChI is InChI=1S/C13H11ClN4S/c1-18-12-11(6-17-18)13(16-8-15-12)19-7-9-2-4-10(14)5-3-9/h2-6,8H,7H2,1H3. The summed E-state index contributed by atoms with van der Waals surface area (Å²) in [7, 11) is 1.88. The van der Waals surface area contributed by atoms with Gasteiger partial charge in [0.25, 0.3) is 0 Å². The minimum Gasteiger partial charge on any atom is -0.250 e. The molecule has 6 heteroatoms. The lowest BCUT2D eigenvalue weighted by molar-refractivity contribution is 0.784. The van der Waals surface area contributed by atoms with Crippen molar-refractivity contribution in [2.45, 2.75) is 10.8 Å². The van der Waals surface area contributed by atoms with Gasteiger partial charge in [-0.2, -0.15) is 5.10 Å². The second-order valence-corrected chi connectivity index (χ2v) is 5.50. The fraction of sp³-hybridized carbons (Fsp3) is 0.154. The fourth-order valence-electron chi connectivity index (χ4n) is 1.79. The Morgan fingerprint density at radius 1 is 1.21 bits per heavy atom. The summed E-state index contributed by atoms with van der Waals surface area (Å²) < 4.78 is 1.75. The van der Waals surface area contributed by atoms with Crippen LogP contribution in [0.1, 0.15) is 5.56 Å². The van der Waals surface area contributed by atoms with Crippen molar-refractivity contribution in [3.63, 3.8) is 0 Å². The number of fused-ring (bicyclic) bond motifs is 1. The summed E-state index contributed by atoms with van der Waals surface area (Å²) in [6.07, 6.45) is 3.38. The molecule has 2 heterocycles. The van der Waals surface area contributed by atoms with Crippen LogP contribution in [0, 0.1) is 0 Å². The minimum atomic E-state index is 0.755. The normalized spacial score (nSPS) is 11.1. The van der Waals surface area contributed by atoms with Gasteiger partial charge in [-0.15, -0.1) is 11.8 Å². The summed E-state index contributed by atoms with van der Waals surface area (Å²) in [5.74, 6) is 0.845. The molecule has 19 heavy (non-hydrogen) atoms. The SMILES string of the molecule is Cn1ncc2c(SCc3ccc(Cl)cc3)ncnc21. The van der Waals surface area contributed by atoms with Crippen molar-refractivity contribution >= 4 is 34.4 Å². The summed E-state index contributed by atoms with van der Waals surface area (Å²) >= 11 is 7.55. The zero-order valence-electron chi connectivity index (χ0n) is 10.2. The molecule has 0 N–H and O–H groups in total. The lowest BCUT2D eigenvalue weighted by atomic mass is 10.2. The molecule has 1 aromatic carbocycles. The molecule has 4 nitrogen and oxygen atoms in total. The van der Waals surface area contributed by atoms with Gasteiger partial charge in [-0.3, -0.25) is 4.68 Å². The molecule has 0 aliphatic rings. The van der Waals surface area contributed by atoms with Crippen LogP contribution in [0.3, 0.4) is 0 Å². The van der Waals surface area contributed by atoms with Gasteiger partial charge in [-0.05, 0) is 17.7 Å². The number of halogens is 1. The molecule has 0 atom stereocenters. The Morgan fingerprint density at radius 2 is 2.00 bits per heavy atom. The van der Waals surface area contributed by atoms with Crippen LogP contribution in [0.2, 0.25) is 5.02 Å². The Labute approximate surface area is 119 Å². The molecule has 0 radical (unpaired) electrons. The van der Waals surface area contributed by atoms with Gasteiger partial charge in [0.2, 0.25) is 0 Å². The van der Waals surface area contributed by atoms with E-state index >= 15 is 0 Å². The third-order valence-electron chi connectivity index (χ3n) is 2.78. The Kier molecular flexibility index (Phi) is 3.40. The van der Waals surface area contributed by atoms with Crippen LogP contribution in [-0.2, 0) is 12.8 Å². The highest BCUT2D eigenvalue weighted by atomic mass is 35.5. The lowest BCUT2D eigenvalue weighted by Gasteiger charge is -2.02. The van der Waals surface area contributed by atoms with Crippen LogP contribution in [0.4, 0.5) is 0 Å². The fourth-order valence-corrected chi connectivity index (χ4v) is 2.83. The number of thioether (sulfide) groups is 1.